The van der Waals surface area contributed by atoms with E-state index in [1.165, 1.54) is 6.08 Å². The second-order valence-corrected chi connectivity index (χ2v) is 1.80. The Morgan fingerprint density at radius 2 is 2.29 bits per heavy atom. The zero-order valence-corrected chi connectivity index (χ0v) is 4.91. The van der Waals surface area contributed by atoms with Crippen molar-refractivity contribution in [1.82, 2.24) is 5.90 Å². The van der Waals surface area contributed by atoms with Crippen molar-refractivity contribution in [3.8, 4) is 0 Å². The van der Waals surface area contributed by atoms with Gasteiger partial charge in [0.15, 0.2) is 0 Å². The first-order valence-electron chi connectivity index (χ1n) is 1.55. The van der Waals surface area contributed by atoms with Crippen molar-refractivity contribution in [3.05, 3.63) is 10.6 Å². The van der Waals surface area contributed by atoms with Gasteiger partial charge < -0.3 is 0 Å². The van der Waals surface area contributed by atoms with Crippen molar-refractivity contribution >= 4 is 23.2 Å². The van der Waals surface area contributed by atoms with Gasteiger partial charge in [0.2, 0.25) is 0 Å². The molecule has 0 spiro atoms. The second-order valence-electron chi connectivity index (χ2n) is 0.790. The molecule has 0 aliphatic heterocycles. The van der Waals surface area contributed by atoms with Gasteiger partial charge in [-0.2, -0.15) is 0 Å². The Kier molecular flexibility index (Phi) is 4.55. The standard InChI is InChI=1S/C3H3Cl2NO/c4-3(5)1-2-7-6/h1H,2H2. The lowest BCUT2D eigenvalue weighted by Crippen LogP contribution is -1.83. The van der Waals surface area contributed by atoms with Gasteiger partial charge >= 0.3 is 0 Å². The highest BCUT2D eigenvalue weighted by atomic mass is 35.5. The van der Waals surface area contributed by atoms with Crippen LogP contribution in [0.3, 0.4) is 0 Å². The van der Waals surface area contributed by atoms with Crippen LogP contribution >= 0.6 is 23.2 Å². The number of rotatable bonds is 2. The average Bonchev–Trinajstić information content (AvgIpc) is 1.61. The summed E-state index contributed by atoms with van der Waals surface area (Å²) in [5.41, 5.74) is 0. The Labute approximate surface area is 51.8 Å². The monoisotopic (exact) mass is 139 g/mol. The van der Waals surface area contributed by atoms with Crippen molar-refractivity contribution in [1.29, 1.82) is 0 Å². The quantitative estimate of drug-likeness (QED) is 0.532. The fraction of sp³-hybridized carbons (Fsp3) is 0.333. The van der Waals surface area contributed by atoms with Crippen molar-refractivity contribution < 1.29 is 4.84 Å². The van der Waals surface area contributed by atoms with Crippen LogP contribution in [0.1, 0.15) is 0 Å². The summed E-state index contributed by atoms with van der Waals surface area (Å²) in [5.74, 6) is 7.65. The van der Waals surface area contributed by atoms with Gasteiger partial charge in [0, 0.05) is 5.90 Å². The zero-order valence-electron chi connectivity index (χ0n) is 3.40. The fourth-order valence-electron chi connectivity index (χ4n) is 0.100. The highest BCUT2D eigenvalue weighted by molar-refractivity contribution is 6.55. The van der Waals surface area contributed by atoms with Gasteiger partial charge in [0.1, 0.15) is 4.49 Å². The van der Waals surface area contributed by atoms with Crippen LogP contribution in [-0.4, -0.2) is 6.61 Å². The molecule has 0 rings (SSSR count). The predicted octanol–water partition coefficient (Wildman–Crippen LogP) is 1.31. The van der Waals surface area contributed by atoms with E-state index in [1.807, 2.05) is 0 Å². The molecule has 0 fully saturated rings. The minimum absolute atomic E-state index is 0.0301. The van der Waals surface area contributed by atoms with Crippen molar-refractivity contribution in [3.63, 3.8) is 0 Å². The first-order valence-corrected chi connectivity index (χ1v) is 2.30. The summed E-state index contributed by atoms with van der Waals surface area (Å²) in [6, 6.07) is 0. The van der Waals surface area contributed by atoms with Crippen LogP contribution in [0.15, 0.2) is 10.6 Å². The van der Waals surface area contributed by atoms with Gasteiger partial charge in [0.25, 0.3) is 0 Å². The predicted molar refractivity (Wildman–Crippen MR) is 27.9 cm³/mol. The summed E-state index contributed by atoms with van der Waals surface area (Å²) in [4.78, 5) is 3.61. The number of hydrogen-bond acceptors (Lipinski definition) is 1. The van der Waals surface area contributed by atoms with E-state index in [0.29, 0.717) is 0 Å². The van der Waals surface area contributed by atoms with E-state index >= 15 is 0 Å². The van der Waals surface area contributed by atoms with Crippen molar-refractivity contribution in [2.75, 3.05) is 6.61 Å². The van der Waals surface area contributed by atoms with Gasteiger partial charge in [-0.15, -0.1) is 0 Å². The molecule has 0 aliphatic rings. The molecule has 4 heteroatoms. The van der Waals surface area contributed by atoms with Gasteiger partial charge in [-0.1, -0.05) is 23.2 Å². The molecule has 0 unspecified atom stereocenters. The van der Waals surface area contributed by atoms with E-state index in [0.717, 1.165) is 0 Å². The Hall–Kier alpha value is 0.240. The average molecular weight is 140 g/mol. The zero-order chi connectivity index (χ0) is 5.70. The van der Waals surface area contributed by atoms with E-state index in [2.05, 4.69) is 4.84 Å². The second kappa shape index (κ2) is 4.40. The molecule has 0 aromatic heterocycles. The van der Waals surface area contributed by atoms with Crippen LogP contribution in [-0.2, 0) is 4.84 Å². The molecular formula is C3H3Cl2NO. The van der Waals surface area contributed by atoms with E-state index in [9.17, 15) is 0 Å². The molecule has 0 amide bonds. The fourth-order valence-corrected chi connectivity index (χ4v) is 0.226. The minimum Gasteiger partial charge on any atom is -0.259 e. The minimum atomic E-state index is 0.0301. The third kappa shape index (κ3) is 6.24. The number of halogens is 2. The Morgan fingerprint density at radius 3 is 2.43 bits per heavy atom. The Balaban J connectivity index is 3.08. The molecule has 0 heterocycles. The smallest absolute Gasteiger partial charge is 0.105 e. The highest BCUT2D eigenvalue weighted by Crippen LogP contribution is 2.04. The topological polar surface area (TPSA) is 31.5 Å². The van der Waals surface area contributed by atoms with Gasteiger partial charge in [-0.05, 0) is 6.08 Å². The van der Waals surface area contributed by atoms with Crippen LogP contribution in [0.4, 0.5) is 0 Å². The molecule has 0 saturated heterocycles. The number of nitrogens with zero attached hydrogens (tertiary/aromatic N) is 1. The molecule has 2 nitrogen and oxygen atoms in total. The molecular weight excluding hydrogens is 137 g/mol. The van der Waals surface area contributed by atoms with E-state index in [1.54, 1.807) is 0 Å². The maximum Gasteiger partial charge on any atom is 0.105 e. The molecule has 2 radical (unpaired) electrons. The molecule has 0 saturated carbocycles. The molecule has 7 heavy (non-hydrogen) atoms. The van der Waals surface area contributed by atoms with Crippen LogP contribution < -0.4 is 5.90 Å². The lowest BCUT2D eigenvalue weighted by Gasteiger charge is -1.80. The summed E-state index contributed by atoms with van der Waals surface area (Å²) in [6.45, 7) is 0.0301. The van der Waals surface area contributed by atoms with E-state index in [4.69, 9.17) is 29.1 Å². The molecule has 0 aliphatic carbocycles. The molecule has 0 N–H and O–H groups in total. The summed E-state index contributed by atoms with van der Waals surface area (Å²) >= 11 is 10.2. The summed E-state index contributed by atoms with van der Waals surface area (Å²) in [7, 11) is 0. The van der Waals surface area contributed by atoms with Crippen LogP contribution in [0.2, 0.25) is 0 Å². The van der Waals surface area contributed by atoms with Crippen molar-refractivity contribution in [2.24, 2.45) is 0 Å². The lowest BCUT2D eigenvalue weighted by molar-refractivity contribution is 0.147. The highest BCUT2D eigenvalue weighted by Gasteiger charge is 1.79. The normalized spacial score (nSPS) is 8.43. The largest absolute Gasteiger partial charge is 0.259 e. The van der Waals surface area contributed by atoms with E-state index in [-0.39, 0.29) is 11.1 Å². The van der Waals surface area contributed by atoms with Crippen LogP contribution in [0.25, 0.3) is 0 Å². The van der Waals surface area contributed by atoms with Gasteiger partial charge in [0.05, 0.1) is 6.61 Å². The maximum atomic E-state index is 7.65. The first-order chi connectivity index (χ1) is 3.27. The Bertz CT molecular complexity index is 69.3. The van der Waals surface area contributed by atoms with Crippen LogP contribution in [0, 0.1) is 0 Å². The van der Waals surface area contributed by atoms with Crippen LogP contribution in [0.5, 0.6) is 0 Å². The summed E-state index contributed by atoms with van der Waals surface area (Å²) in [6.07, 6.45) is 1.32. The third-order valence-corrected chi connectivity index (χ3v) is 0.621. The van der Waals surface area contributed by atoms with Gasteiger partial charge in [-0.25, -0.2) is 0 Å². The third-order valence-electron chi connectivity index (χ3n) is 0.312. The first kappa shape index (κ1) is 7.24. The molecule has 0 atom stereocenters. The number of hydrogen-bond donors (Lipinski definition) is 0. The molecule has 0 aromatic carbocycles. The lowest BCUT2D eigenvalue weighted by atomic mass is 10.7. The van der Waals surface area contributed by atoms with Gasteiger partial charge in [-0.3, -0.25) is 4.84 Å². The van der Waals surface area contributed by atoms with Crippen molar-refractivity contribution in [2.45, 2.75) is 0 Å². The maximum absolute atomic E-state index is 7.65. The summed E-state index contributed by atoms with van der Waals surface area (Å²) < 4.78 is 0.0917. The molecule has 40 valence electrons. The molecule has 0 aromatic rings. The summed E-state index contributed by atoms with van der Waals surface area (Å²) in [5, 5.41) is 0. The molecule has 0 bridgehead atoms. The SMILES string of the molecule is [N]OCC=C(Cl)Cl. The Morgan fingerprint density at radius 1 is 1.71 bits per heavy atom. The van der Waals surface area contributed by atoms with E-state index < -0.39 is 0 Å².